The lowest BCUT2D eigenvalue weighted by Gasteiger charge is -2.07. The molecule has 2 N–H and O–H groups in total. The van der Waals surface area contributed by atoms with Gasteiger partial charge < -0.3 is 5.32 Å². The quantitative estimate of drug-likeness (QED) is 0.593. The highest BCUT2D eigenvalue weighted by Crippen LogP contribution is 2.10. The maximum absolute atomic E-state index is 12.3. The molecule has 0 aliphatic heterocycles. The van der Waals surface area contributed by atoms with Crippen LogP contribution in [0.3, 0.4) is 0 Å². The summed E-state index contributed by atoms with van der Waals surface area (Å²) in [6, 6.07) is 16.5. The number of carbonyl (C=O) groups excluding carboxylic acids is 2. The van der Waals surface area contributed by atoms with Crippen LogP contribution in [-0.2, 0) is 4.79 Å². The highest BCUT2D eigenvalue weighted by atomic mass is 16.2. The second kappa shape index (κ2) is 9.37. The zero-order valence-electron chi connectivity index (χ0n) is 14.6. The molecule has 0 saturated carbocycles. The third kappa shape index (κ3) is 5.57. The van der Waals surface area contributed by atoms with Gasteiger partial charge in [0.05, 0.1) is 5.71 Å². The first kappa shape index (κ1) is 18.4. The lowest BCUT2D eigenvalue weighted by atomic mass is 10.1. The van der Waals surface area contributed by atoms with Gasteiger partial charge in [-0.2, -0.15) is 5.10 Å². The summed E-state index contributed by atoms with van der Waals surface area (Å²) >= 11 is 0. The van der Waals surface area contributed by atoms with Crippen molar-refractivity contribution in [3.8, 4) is 0 Å². The minimum atomic E-state index is -0.280. The SMILES string of the molecule is CCC/C(=N\NC(=O)c1ccc(NC(=O)CC)cc1)c1ccccc1. The fraction of sp³-hybridized carbons (Fsp3) is 0.250. The monoisotopic (exact) mass is 337 g/mol. The molecule has 0 fully saturated rings. The summed E-state index contributed by atoms with van der Waals surface area (Å²) in [5, 5.41) is 7.04. The van der Waals surface area contributed by atoms with Gasteiger partial charge in [-0.1, -0.05) is 50.6 Å². The van der Waals surface area contributed by atoms with Gasteiger partial charge in [0.15, 0.2) is 0 Å². The Morgan fingerprint density at radius 2 is 1.60 bits per heavy atom. The molecule has 5 heteroatoms. The Labute approximate surface area is 148 Å². The van der Waals surface area contributed by atoms with Crippen LogP contribution in [0.1, 0.15) is 49.0 Å². The van der Waals surface area contributed by atoms with Gasteiger partial charge in [-0.25, -0.2) is 5.43 Å². The summed E-state index contributed by atoms with van der Waals surface area (Å²) in [5.74, 6) is -0.341. The zero-order chi connectivity index (χ0) is 18.1. The van der Waals surface area contributed by atoms with Crippen LogP contribution >= 0.6 is 0 Å². The maximum atomic E-state index is 12.3. The minimum Gasteiger partial charge on any atom is -0.326 e. The molecule has 2 aromatic carbocycles. The van der Waals surface area contributed by atoms with Gasteiger partial charge in [-0.05, 0) is 36.2 Å². The van der Waals surface area contributed by atoms with Gasteiger partial charge in [-0.15, -0.1) is 0 Å². The van der Waals surface area contributed by atoms with Crippen molar-refractivity contribution in [1.29, 1.82) is 0 Å². The number of nitrogens with one attached hydrogen (secondary N) is 2. The van der Waals surface area contributed by atoms with E-state index in [-0.39, 0.29) is 11.8 Å². The summed E-state index contributed by atoms with van der Waals surface area (Å²) in [6.07, 6.45) is 2.14. The summed E-state index contributed by atoms with van der Waals surface area (Å²) < 4.78 is 0. The number of nitrogens with zero attached hydrogens (tertiary/aromatic N) is 1. The Hall–Kier alpha value is -2.95. The number of carbonyl (C=O) groups is 2. The molecule has 0 spiro atoms. The molecule has 0 aromatic heterocycles. The van der Waals surface area contributed by atoms with E-state index < -0.39 is 0 Å². The highest BCUT2D eigenvalue weighted by Gasteiger charge is 2.07. The molecule has 0 unspecified atom stereocenters. The van der Waals surface area contributed by atoms with Gasteiger partial charge in [0.25, 0.3) is 5.91 Å². The first-order valence-electron chi connectivity index (χ1n) is 8.46. The van der Waals surface area contributed by atoms with Crippen LogP contribution in [0, 0.1) is 0 Å². The van der Waals surface area contributed by atoms with Crippen molar-refractivity contribution in [3.05, 3.63) is 65.7 Å². The number of hydrogen-bond donors (Lipinski definition) is 2. The number of benzene rings is 2. The normalized spacial score (nSPS) is 11.0. The lowest BCUT2D eigenvalue weighted by molar-refractivity contribution is -0.115. The van der Waals surface area contributed by atoms with Gasteiger partial charge >= 0.3 is 0 Å². The fourth-order valence-electron chi connectivity index (χ4n) is 2.27. The first-order chi connectivity index (χ1) is 12.1. The average Bonchev–Trinajstić information content (AvgIpc) is 2.66. The summed E-state index contributed by atoms with van der Waals surface area (Å²) in [5.41, 5.74) is 5.63. The molecule has 2 amide bonds. The number of rotatable bonds is 7. The molecular weight excluding hydrogens is 314 g/mol. The molecule has 0 aliphatic carbocycles. The Bertz CT molecular complexity index is 737. The molecule has 0 saturated heterocycles. The van der Waals surface area contributed by atoms with E-state index >= 15 is 0 Å². The maximum Gasteiger partial charge on any atom is 0.271 e. The van der Waals surface area contributed by atoms with E-state index in [0.717, 1.165) is 24.1 Å². The molecule has 0 atom stereocenters. The molecule has 130 valence electrons. The highest BCUT2D eigenvalue weighted by molar-refractivity contribution is 6.02. The summed E-state index contributed by atoms with van der Waals surface area (Å²) in [6.45, 7) is 3.86. The number of hydrogen-bond acceptors (Lipinski definition) is 3. The van der Waals surface area contributed by atoms with Crippen molar-refractivity contribution in [3.63, 3.8) is 0 Å². The minimum absolute atomic E-state index is 0.0612. The molecule has 0 bridgehead atoms. The predicted octanol–water partition coefficient (Wildman–Crippen LogP) is 3.97. The van der Waals surface area contributed by atoms with E-state index in [1.54, 1.807) is 31.2 Å². The number of anilines is 1. The van der Waals surface area contributed by atoms with Crippen molar-refractivity contribution in [1.82, 2.24) is 5.43 Å². The van der Waals surface area contributed by atoms with Crippen LogP contribution in [0.2, 0.25) is 0 Å². The van der Waals surface area contributed by atoms with Crippen LogP contribution in [0.15, 0.2) is 59.7 Å². The summed E-state index contributed by atoms with van der Waals surface area (Å²) in [4.78, 5) is 23.6. The molecule has 0 aliphatic rings. The van der Waals surface area contributed by atoms with Gasteiger partial charge in [-0.3, -0.25) is 9.59 Å². The van der Waals surface area contributed by atoms with Crippen molar-refractivity contribution in [2.45, 2.75) is 33.1 Å². The van der Waals surface area contributed by atoms with E-state index in [1.807, 2.05) is 30.3 Å². The Morgan fingerprint density at radius 3 is 2.20 bits per heavy atom. The van der Waals surface area contributed by atoms with Gasteiger partial charge in [0.1, 0.15) is 0 Å². The fourth-order valence-corrected chi connectivity index (χ4v) is 2.27. The van der Waals surface area contributed by atoms with Gasteiger partial charge in [0, 0.05) is 17.7 Å². The van der Waals surface area contributed by atoms with Crippen LogP contribution in [-0.4, -0.2) is 17.5 Å². The Morgan fingerprint density at radius 1 is 0.920 bits per heavy atom. The van der Waals surface area contributed by atoms with Crippen LogP contribution < -0.4 is 10.7 Å². The van der Waals surface area contributed by atoms with E-state index in [9.17, 15) is 9.59 Å². The van der Waals surface area contributed by atoms with Crippen molar-refractivity contribution < 1.29 is 9.59 Å². The number of amides is 2. The third-order valence-corrected chi connectivity index (χ3v) is 3.64. The van der Waals surface area contributed by atoms with Crippen molar-refractivity contribution in [2.75, 3.05) is 5.32 Å². The topological polar surface area (TPSA) is 70.6 Å². The molecule has 5 nitrogen and oxygen atoms in total. The van der Waals surface area contributed by atoms with E-state index in [2.05, 4.69) is 22.8 Å². The van der Waals surface area contributed by atoms with Gasteiger partial charge in [0.2, 0.25) is 5.91 Å². The predicted molar refractivity (Wildman–Crippen MR) is 101 cm³/mol. The summed E-state index contributed by atoms with van der Waals surface area (Å²) in [7, 11) is 0. The van der Waals surface area contributed by atoms with E-state index in [4.69, 9.17) is 0 Å². The molecule has 0 heterocycles. The second-order valence-electron chi connectivity index (χ2n) is 5.59. The lowest BCUT2D eigenvalue weighted by Crippen LogP contribution is -2.20. The van der Waals surface area contributed by atoms with E-state index in [1.165, 1.54) is 0 Å². The molecular formula is C20H23N3O2. The Balaban J connectivity index is 2.06. The molecule has 0 radical (unpaired) electrons. The molecule has 25 heavy (non-hydrogen) atoms. The third-order valence-electron chi connectivity index (χ3n) is 3.64. The largest absolute Gasteiger partial charge is 0.326 e. The Kier molecular flexibility index (Phi) is 6.89. The van der Waals surface area contributed by atoms with Crippen LogP contribution in [0.4, 0.5) is 5.69 Å². The van der Waals surface area contributed by atoms with Crippen LogP contribution in [0.25, 0.3) is 0 Å². The van der Waals surface area contributed by atoms with Crippen LogP contribution in [0.5, 0.6) is 0 Å². The van der Waals surface area contributed by atoms with Crippen molar-refractivity contribution in [2.24, 2.45) is 5.10 Å². The molecule has 2 aromatic rings. The standard InChI is InChI=1S/C20H23N3O2/c1-3-8-18(15-9-6-5-7-10-15)22-23-20(25)16-11-13-17(14-12-16)21-19(24)4-2/h5-7,9-14H,3-4,8H2,1-2H3,(H,21,24)(H,23,25)/b22-18+. The molecule has 2 rings (SSSR count). The van der Waals surface area contributed by atoms with E-state index in [0.29, 0.717) is 17.7 Å². The number of hydrazone groups is 1. The first-order valence-corrected chi connectivity index (χ1v) is 8.46. The van der Waals surface area contributed by atoms with Crippen molar-refractivity contribution >= 4 is 23.2 Å². The smallest absolute Gasteiger partial charge is 0.271 e. The average molecular weight is 337 g/mol. The zero-order valence-corrected chi connectivity index (χ0v) is 14.6. The second-order valence-corrected chi connectivity index (χ2v) is 5.59.